The van der Waals surface area contributed by atoms with E-state index in [-0.39, 0.29) is 11.9 Å². The number of aromatic nitrogens is 2. The molecule has 1 atom stereocenters. The number of amides is 1. The van der Waals surface area contributed by atoms with Gasteiger partial charge in [-0.25, -0.2) is 0 Å². The summed E-state index contributed by atoms with van der Waals surface area (Å²) < 4.78 is 5.44. The van der Waals surface area contributed by atoms with E-state index in [4.69, 9.17) is 4.52 Å². The average Bonchev–Trinajstić information content (AvgIpc) is 2.89. The molecule has 122 valence electrons. The molecule has 2 aromatic heterocycles. The largest absolute Gasteiger partial charge is 0.361 e. The van der Waals surface area contributed by atoms with Crippen LogP contribution in [0.1, 0.15) is 39.4 Å². The van der Waals surface area contributed by atoms with E-state index in [1.807, 2.05) is 27.1 Å². The zero-order valence-electron chi connectivity index (χ0n) is 13.8. The quantitative estimate of drug-likeness (QED) is 0.930. The molecule has 2 heterocycles. The number of hydrogen-bond acceptors (Lipinski definition) is 5. The van der Waals surface area contributed by atoms with E-state index >= 15 is 0 Å². The molecular formula is C17H22N4O2. The maximum Gasteiger partial charge on any atom is 0.253 e. The van der Waals surface area contributed by atoms with Gasteiger partial charge in [-0.3, -0.25) is 9.78 Å². The summed E-state index contributed by atoms with van der Waals surface area (Å²) in [7, 11) is 4.02. The molecule has 23 heavy (non-hydrogen) atoms. The van der Waals surface area contributed by atoms with Gasteiger partial charge in [-0.15, -0.1) is 0 Å². The first-order chi connectivity index (χ1) is 11.0. The highest BCUT2D eigenvalue weighted by Gasteiger charge is 2.27. The van der Waals surface area contributed by atoms with Crippen LogP contribution in [0.15, 0.2) is 23.0 Å². The second-order valence-corrected chi connectivity index (χ2v) is 6.43. The fourth-order valence-corrected chi connectivity index (χ4v) is 2.96. The number of fused-ring (bicyclic) bond motifs is 1. The van der Waals surface area contributed by atoms with Crippen LogP contribution in [0.3, 0.4) is 0 Å². The Labute approximate surface area is 135 Å². The van der Waals surface area contributed by atoms with E-state index in [0.717, 1.165) is 48.4 Å². The second kappa shape index (κ2) is 6.50. The Bertz CT molecular complexity index is 708. The molecule has 0 saturated carbocycles. The Hall–Kier alpha value is -2.21. The third-order valence-electron chi connectivity index (χ3n) is 4.06. The van der Waals surface area contributed by atoms with Gasteiger partial charge in [0, 0.05) is 37.0 Å². The highest BCUT2D eigenvalue weighted by atomic mass is 16.5. The van der Waals surface area contributed by atoms with E-state index in [9.17, 15) is 4.79 Å². The summed E-state index contributed by atoms with van der Waals surface area (Å²) in [5.41, 5.74) is 3.71. The van der Waals surface area contributed by atoms with Gasteiger partial charge in [0.05, 0.1) is 5.56 Å². The molecule has 1 aliphatic carbocycles. The summed E-state index contributed by atoms with van der Waals surface area (Å²) in [5.74, 6) is 0.893. The van der Waals surface area contributed by atoms with Crippen molar-refractivity contribution in [3.63, 3.8) is 0 Å². The summed E-state index contributed by atoms with van der Waals surface area (Å²) in [5, 5.41) is 7.29. The maximum absolute atomic E-state index is 12.4. The van der Waals surface area contributed by atoms with Gasteiger partial charge in [0.15, 0.2) is 0 Å². The Morgan fingerprint density at radius 3 is 3.00 bits per heavy atom. The molecular weight excluding hydrogens is 292 g/mol. The van der Waals surface area contributed by atoms with Gasteiger partial charge < -0.3 is 14.7 Å². The van der Waals surface area contributed by atoms with E-state index in [1.54, 1.807) is 12.4 Å². The third-order valence-corrected chi connectivity index (χ3v) is 4.06. The van der Waals surface area contributed by atoms with E-state index in [2.05, 4.69) is 20.4 Å². The topological polar surface area (TPSA) is 71.3 Å². The van der Waals surface area contributed by atoms with Gasteiger partial charge in [0.25, 0.3) is 5.91 Å². The van der Waals surface area contributed by atoms with Crippen LogP contribution in [0.5, 0.6) is 0 Å². The summed E-state index contributed by atoms with van der Waals surface area (Å²) in [6.45, 7) is 2.68. The minimum Gasteiger partial charge on any atom is -0.361 e. The van der Waals surface area contributed by atoms with Crippen LogP contribution < -0.4 is 5.32 Å². The summed E-state index contributed by atoms with van der Waals surface area (Å²) in [6.07, 6.45) is 5.80. The fraction of sp³-hybridized carbons (Fsp3) is 0.471. The molecule has 3 rings (SSSR count). The van der Waals surface area contributed by atoms with Gasteiger partial charge >= 0.3 is 0 Å². The molecule has 2 aromatic rings. The van der Waals surface area contributed by atoms with Crippen LogP contribution in [-0.4, -0.2) is 41.1 Å². The normalized spacial score (nSPS) is 17.1. The number of rotatable bonds is 4. The number of carbonyl (C=O) groups excluding carboxylic acids is 1. The Kier molecular flexibility index (Phi) is 4.43. The lowest BCUT2D eigenvalue weighted by Crippen LogP contribution is -2.39. The smallest absolute Gasteiger partial charge is 0.253 e. The maximum atomic E-state index is 12.4. The van der Waals surface area contributed by atoms with Crippen molar-refractivity contribution < 1.29 is 9.32 Å². The number of aryl methyl sites for hydroxylation is 2. The van der Waals surface area contributed by atoms with Gasteiger partial charge in [0.2, 0.25) is 0 Å². The fourth-order valence-electron chi connectivity index (χ4n) is 2.96. The monoisotopic (exact) mass is 314 g/mol. The molecule has 1 unspecified atom stereocenters. The van der Waals surface area contributed by atoms with Crippen LogP contribution in [0, 0.1) is 6.92 Å². The number of pyridine rings is 1. The van der Waals surface area contributed by atoms with E-state index < -0.39 is 0 Å². The van der Waals surface area contributed by atoms with Crippen molar-refractivity contribution in [1.29, 1.82) is 0 Å². The SMILES string of the molecule is Cc1cncc(C(=O)NC2CCc3onc(CN(C)C)c3C2)c1. The van der Waals surface area contributed by atoms with Crippen molar-refractivity contribution in [3.8, 4) is 0 Å². The zero-order valence-corrected chi connectivity index (χ0v) is 13.8. The van der Waals surface area contributed by atoms with Crippen molar-refractivity contribution in [1.82, 2.24) is 20.4 Å². The lowest BCUT2D eigenvalue weighted by molar-refractivity contribution is 0.0932. The number of hydrogen-bond donors (Lipinski definition) is 1. The molecule has 0 spiro atoms. The van der Waals surface area contributed by atoms with Crippen LogP contribution in [0.4, 0.5) is 0 Å². The molecule has 1 aliphatic rings. The summed E-state index contributed by atoms with van der Waals surface area (Å²) in [6, 6.07) is 1.96. The van der Waals surface area contributed by atoms with Crippen molar-refractivity contribution in [2.45, 2.75) is 38.8 Å². The highest BCUT2D eigenvalue weighted by molar-refractivity contribution is 5.94. The van der Waals surface area contributed by atoms with Crippen molar-refractivity contribution in [2.75, 3.05) is 14.1 Å². The van der Waals surface area contributed by atoms with Gasteiger partial charge in [-0.1, -0.05) is 5.16 Å². The molecule has 1 amide bonds. The van der Waals surface area contributed by atoms with Crippen molar-refractivity contribution in [3.05, 3.63) is 46.6 Å². The van der Waals surface area contributed by atoms with Gasteiger partial charge in [0.1, 0.15) is 11.5 Å². The number of nitrogens with zero attached hydrogens (tertiary/aromatic N) is 3. The average molecular weight is 314 g/mol. The Morgan fingerprint density at radius 1 is 1.43 bits per heavy atom. The van der Waals surface area contributed by atoms with Crippen LogP contribution >= 0.6 is 0 Å². The van der Waals surface area contributed by atoms with Gasteiger partial charge in [-0.05, 0) is 45.5 Å². The molecule has 0 saturated heterocycles. The zero-order chi connectivity index (χ0) is 16.4. The second-order valence-electron chi connectivity index (χ2n) is 6.43. The van der Waals surface area contributed by atoms with E-state index in [1.165, 1.54) is 0 Å². The summed E-state index contributed by atoms with van der Waals surface area (Å²) in [4.78, 5) is 18.5. The summed E-state index contributed by atoms with van der Waals surface area (Å²) >= 11 is 0. The molecule has 0 fully saturated rings. The lowest BCUT2D eigenvalue weighted by Gasteiger charge is -2.23. The first kappa shape index (κ1) is 15.7. The van der Waals surface area contributed by atoms with Crippen molar-refractivity contribution >= 4 is 5.91 Å². The van der Waals surface area contributed by atoms with Crippen LogP contribution in [-0.2, 0) is 19.4 Å². The minimum absolute atomic E-state index is 0.0692. The Morgan fingerprint density at radius 2 is 2.26 bits per heavy atom. The van der Waals surface area contributed by atoms with Crippen LogP contribution in [0.2, 0.25) is 0 Å². The standard InChI is InChI=1S/C17H22N4O2/c1-11-6-12(9-18-8-11)17(22)19-13-4-5-16-14(7-13)15(20-23-16)10-21(2)3/h6,8-9,13H,4-5,7,10H2,1-3H3,(H,19,22). The predicted molar refractivity (Wildman–Crippen MR) is 86.1 cm³/mol. The number of carbonyl (C=O) groups is 1. The predicted octanol–water partition coefficient (Wildman–Crippen LogP) is 1.73. The van der Waals surface area contributed by atoms with Crippen LogP contribution in [0.25, 0.3) is 0 Å². The first-order valence-electron chi connectivity index (χ1n) is 7.86. The molecule has 0 radical (unpaired) electrons. The molecule has 6 heteroatoms. The third kappa shape index (κ3) is 3.59. The molecule has 6 nitrogen and oxygen atoms in total. The van der Waals surface area contributed by atoms with Gasteiger partial charge in [-0.2, -0.15) is 0 Å². The highest BCUT2D eigenvalue weighted by Crippen LogP contribution is 2.25. The first-order valence-corrected chi connectivity index (χ1v) is 7.86. The number of nitrogens with one attached hydrogen (secondary N) is 1. The molecule has 0 bridgehead atoms. The molecule has 0 aromatic carbocycles. The van der Waals surface area contributed by atoms with Crippen molar-refractivity contribution in [2.24, 2.45) is 0 Å². The minimum atomic E-state index is -0.0692. The molecule has 0 aliphatic heterocycles. The van der Waals surface area contributed by atoms with E-state index in [0.29, 0.717) is 5.56 Å². The Balaban J connectivity index is 1.69. The molecule has 1 N–H and O–H groups in total. The lowest BCUT2D eigenvalue weighted by atomic mass is 9.91.